The van der Waals surface area contributed by atoms with Crippen LogP contribution in [0.4, 0.5) is 5.82 Å². The van der Waals surface area contributed by atoms with Gasteiger partial charge in [0.05, 0.1) is 22.4 Å². The van der Waals surface area contributed by atoms with Crippen molar-refractivity contribution in [3.8, 4) is 21.8 Å². The second kappa shape index (κ2) is 8.28. The molecule has 5 heteroatoms. The molecule has 1 N–H and O–H groups in total. The lowest BCUT2D eigenvalue weighted by Gasteiger charge is -2.10. The zero-order valence-corrected chi connectivity index (χ0v) is 18.3. The first kappa shape index (κ1) is 19.4. The highest BCUT2D eigenvalue weighted by Crippen LogP contribution is 2.29. The molecule has 5 rings (SSSR count). The zero-order valence-electron chi connectivity index (χ0n) is 17.5. The number of hydrogen-bond acceptors (Lipinski definition) is 5. The van der Waals surface area contributed by atoms with E-state index in [1.807, 2.05) is 31.2 Å². The summed E-state index contributed by atoms with van der Waals surface area (Å²) in [6, 6.07) is 25.0. The maximum atomic E-state index is 4.83. The van der Waals surface area contributed by atoms with E-state index in [1.54, 1.807) is 11.3 Å². The molecule has 0 amide bonds. The Morgan fingerprint density at radius 2 is 1.42 bits per heavy atom. The van der Waals surface area contributed by atoms with Crippen molar-refractivity contribution in [3.63, 3.8) is 0 Å². The summed E-state index contributed by atoms with van der Waals surface area (Å²) in [5.74, 6) is 0.824. The number of nitrogens with one attached hydrogen (secondary N) is 1. The van der Waals surface area contributed by atoms with E-state index in [1.165, 1.54) is 11.1 Å². The first-order chi connectivity index (χ1) is 15.2. The largest absolute Gasteiger partial charge is 0.364 e. The Hall–Kier alpha value is -3.57. The lowest BCUT2D eigenvalue weighted by Crippen LogP contribution is -2.04. The van der Waals surface area contributed by atoms with Crippen molar-refractivity contribution in [2.75, 3.05) is 5.32 Å². The van der Waals surface area contributed by atoms with E-state index in [0.29, 0.717) is 6.54 Å². The van der Waals surface area contributed by atoms with Gasteiger partial charge in [0.1, 0.15) is 10.8 Å². The van der Waals surface area contributed by atoms with E-state index >= 15 is 0 Å². The average molecular weight is 423 g/mol. The van der Waals surface area contributed by atoms with Gasteiger partial charge in [-0.05, 0) is 31.5 Å². The standard InChI is InChI=1S/C26H22N4S/c1-17-7-11-20(12-8-17)24-16-31-26(30-24)21-13-9-19(10-14-21)15-27-25-18(2)28-22-5-3-4-6-23(22)29-25/h3-14,16H,15H2,1-2H3,(H,27,29). The lowest BCUT2D eigenvalue weighted by atomic mass is 10.1. The van der Waals surface area contributed by atoms with Gasteiger partial charge in [-0.15, -0.1) is 11.3 Å². The Bertz CT molecular complexity index is 1340. The SMILES string of the molecule is Cc1ccc(-c2csc(-c3ccc(CNc4nc5ccccc5nc4C)cc3)n2)cc1. The quantitative estimate of drug-likeness (QED) is 0.344. The summed E-state index contributed by atoms with van der Waals surface area (Å²) in [7, 11) is 0. The van der Waals surface area contributed by atoms with Crippen LogP contribution in [0.3, 0.4) is 0 Å². The summed E-state index contributed by atoms with van der Waals surface area (Å²) in [6.07, 6.45) is 0. The van der Waals surface area contributed by atoms with Crippen LogP contribution in [0.15, 0.2) is 78.2 Å². The van der Waals surface area contributed by atoms with Gasteiger partial charge in [0.25, 0.3) is 0 Å². The minimum absolute atomic E-state index is 0.695. The molecule has 31 heavy (non-hydrogen) atoms. The number of thiazole rings is 1. The Kier molecular flexibility index (Phi) is 5.18. The molecule has 0 unspecified atom stereocenters. The van der Waals surface area contributed by atoms with E-state index in [0.717, 1.165) is 44.4 Å². The topological polar surface area (TPSA) is 50.7 Å². The Morgan fingerprint density at radius 1 is 0.742 bits per heavy atom. The number of rotatable bonds is 5. The van der Waals surface area contributed by atoms with E-state index in [9.17, 15) is 0 Å². The summed E-state index contributed by atoms with van der Waals surface area (Å²) in [6.45, 7) is 4.78. The summed E-state index contributed by atoms with van der Waals surface area (Å²) in [5.41, 5.74) is 8.48. The number of hydrogen-bond donors (Lipinski definition) is 1. The normalized spacial score (nSPS) is 11.0. The first-order valence-corrected chi connectivity index (χ1v) is 11.1. The molecule has 5 aromatic rings. The van der Waals surface area contributed by atoms with Crippen molar-refractivity contribution in [3.05, 3.63) is 95.0 Å². The number of nitrogens with zero attached hydrogens (tertiary/aromatic N) is 3. The summed E-state index contributed by atoms with van der Waals surface area (Å²) in [4.78, 5) is 14.2. The molecule has 0 fully saturated rings. The second-order valence-corrected chi connectivity index (χ2v) is 8.46. The average Bonchev–Trinajstić information content (AvgIpc) is 3.29. The van der Waals surface area contributed by atoms with E-state index in [2.05, 4.69) is 71.1 Å². The molecule has 0 spiro atoms. The van der Waals surface area contributed by atoms with Gasteiger partial charge in [-0.25, -0.2) is 15.0 Å². The third-order valence-corrected chi connectivity index (χ3v) is 6.15. The number of para-hydroxylation sites is 2. The molecule has 0 radical (unpaired) electrons. The highest BCUT2D eigenvalue weighted by Gasteiger charge is 2.08. The van der Waals surface area contributed by atoms with Gasteiger partial charge >= 0.3 is 0 Å². The summed E-state index contributed by atoms with van der Waals surface area (Å²) >= 11 is 1.68. The molecule has 0 saturated heterocycles. The fourth-order valence-corrected chi connectivity index (χ4v) is 4.31. The molecule has 0 bridgehead atoms. The Labute approximate surface area is 185 Å². The maximum absolute atomic E-state index is 4.83. The Morgan fingerprint density at radius 3 is 2.16 bits per heavy atom. The van der Waals surface area contributed by atoms with Gasteiger partial charge in [-0.2, -0.15) is 0 Å². The predicted molar refractivity (Wildman–Crippen MR) is 129 cm³/mol. The number of aromatic nitrogens is 3. The first-order valence-electron chi connectivity index (χ1n) is 10.2. The number of benzene rings is 3. The predicted octanol–water partition coefficient (Wildman–Crippen LogP) is 6.65. The zero-order chi connectivity index (χ0) is 21.2. The molecule has 0 aliphatic rings. The summed E-state index contributed by atoms with van der Waals surface area (Å²) < 4.78 is 0. The summed E-state index contributed by atoms with van der Waals surface area (Å²) in [5, 5.41) is 6.58. The van der Waals surface area contributed by atoms with Crippen LogP contribution in [0.25, 0.3) is 32.9 Å². The van der Waals surface area contributed by atoms with E-state index < -0.39 is 0 Å². The van der Waals surface area contributed by atoms with Crippen LogP contribution < -0.4 is 5.32 Å². The van der Waals surface area contributed by atoms with Crippen LogP contribution in [0.1, 0.15) is 16.8 Å². The molecule has 4 nitrogen and oxygen atoms in total. The molecule has 0 saturated carbocycles. The van der Waals surface area contributed by atoms with Crippen molar-refractivity contribution in [1.29, 1.82) is 0 Å². The minimum Gasteiger partial charge on any atom is -0.364 e. The highest BCUT2D eigenvalue weighted by molar-refractivity contribution is 7.13. The van der Waals surface area contributed by atoms with Crippen molar-refractivity contribution in [1.82, 2.24) is 15.0 Å². The number of fused-ring (bicyclic) bond motifs is 1. The smallest absolute Gasteiger partial charge is 0.148 e. The Balaban J connectivity index is 1.29. The fourth-order valence-electron chi connectivity index (χ4n) is 3.47. The van der Waals surface area contributed by atoms with Gasteiger partial charge in [-0.1, -0.05) is 66.2 Å². The van der Waals surface area contributed by atoms with Gasteiger partial charge in [0.2, 0.25) is 0 Å². The molecular formula is C26H22N4S. The molecular weight excluding hydrogens is 400 g/mol. The lowest BCUT2D eigenvalue weighted by molar-refractivity contribution is 1.08. The van der Waals surface area contributed by atoms with Crippen LogP contribution >= 0.6 is 11.3 Å². The fraction of sp³-hybridized carbons (Fsp3) is 0.115. The van der Waals surface area contributed by atoms with Crippen molar-refractivity contribution >= 4 is 28.2 Å². The molecule has 0 aliphatic heterocycles. The molecule has 3 aromatic carbocycles. The molecule has 0 aliphatic carbocycles. The third kappa shape index (κ3) is 4.18. The third-order valence-electron chi connectivity index (χ3n) is 5.26. The van der Waals surface area contributed by atoms with Gasteiger partial charge in [0, 0.05) is 23.1 Å². The molecule has 2 heterocycles. The monoisotopic (exact) mass is 422 g/mol. The van der Waals surface area contributed by atoms with Crippen LogP contribution in [-0.4, -0.2) is 15.0 Å². The van der Waals surface area contributed by atoms with Gasteiger partial charge in [-0.3, -0.25) is 0 Å². The van der Waals surface area contributed by atoms with Crippen molar-refractivity contribution in [2.24, 2.45) is 0 Å². The van der Waals surface area contributed by atoms with E-state index in [4.69, 9.17) is 9.97 Å². The van der Waals surface area contributed by atoms with Crippen LogP contribution in [-0.2, 0) is 6.54 Å². The van der Waals surface area contributed by atoms with Crippen LogP contribution in [0.5, 0.6) is 0 Å². The van der Waals surface area contributed by atoms with Crippen molar-refractivity contribution < 1.29 is 0 Å². The van der Waals surface area contributed by atoms with E-state index in [-0.39, 0.29) is 0 Å². The van der Waals surface area contributed by atoms with Crippen LogP contribution in [0, 0.1) is 13.8 Å². The van der Waals surface area contributed by atoms with Gasteiger partial charge in [0.15, 0.2) is 0 Å². The number of anilines is 1. The molecule has 152 valence electrons. The maximum Gasteiger partial charge on any atom is 0.148 e. The number of aryl methyl sites for hydroxylation is 2. The van der Waals surface area contributed by atoms with Gasteiger partial charge < -0.3 is 5.32 Å². The highest BCUT2D eigenvalue weighted by atomic mass is 32.1. The minimum atomic E-state index is 0.695. The van der Waals surface area contributed by atoms with Crippen molar-refractivity contribution in [2.45, 2.75) is 20.4 Å². The second-order valence-electron chi connectivity index (χ2n) is 7.60. The van der Waals surface area contributed by atoms with Crippen LogP contribution in [0.2, 0.25) is 0 Å². The molecule has 2 aromatic heterocycles. The molecule has 0 atom stereocenters.